The van der Waals surface area contributed by atoms with Crippen LogP contribution >= 0.6 is 0 Å². The van der Waals surface area contributed by atoms with Crippen molar-refractivity contribution in [2.24, 2.45) is 13.0 Å². The Morgan fingerprint density at radius 3 is 2.56 bits per heavy atom. The lowest BCUT2D eigenvalue weighted by atomic mass is 9.85. The number of morpholine rings is 1. The van der Waals surface area contributed by atoms with Crippen molar-refractivity contribution < 1.29 is 32.7 Å². The zero-order valence-corrected chi connectivity index (χ0v) is 35.7. The molecule has 1 aliphatic carbocycles. The number of halogens is 2. The minimum Gasteiger partial charge on any atom is -0.374 e. The van der Waals surface area contributed by atoms with Crippen molar-refractivity contribution in [1.82, 2.24) is 48.6 Å². The molecule has 5 fully saturated rings. The van der Waals surface area contributed by atoms with Gasteiger partial charge in [0.1, 0.15) is 17.4 Å². The number of aryl methyl sites for hydroxylation is 2. The largest absolute Gasteiger partial charge is 0.374 e. The Bertz CT molecular complexity index is 2670. The van der Waals surface area contributed by atoms with Gasteiger partial charge in [-0.2, -0.15) is 10.2 Å². The molecular weight excluding hydrogens is 831 g/mol. The molecule has 3 atom stereocenters. The number of ether oxygens (including phenoxy) is 1. The highest BCUT2D eigenvalue weighted by atomic mass is 19.3. The molecular formula is C44H52F2N12O6. The van der Waals surface area contributed by atoms with Crippen molar-refractivity contribution in [1.29, 1.82) is 0 Å². The van der Waals surface area contributed by atoms with Crippen LogP contribution in [-0.2, 0) is 32.6 Å². The molecule has 4 aromatic heterocycles. The van der Waals surface area contributed by atoms with Crippen LogP contribution in [-0.4, -0.2) is 125 Å². The maximum atomic E-state index is 14.3. The minimum atomic E-state index is -2.88. The first-order valence-electron chi connectivity index (χ1n) is 22.4. The van der Waals surface area contributed by atoms with Crippen LogP contribution in [0.15, 0.2) is 47.7 Å². The zero-order valence-electron chi connectivity index (χ0n) is 35.7. The molecule has 10 rings (SSSR count). The predicted molar refractivity (Wildman–Crippen MR) is 229 cm³/mol. The molecule has 8 heterocycles. The number of hydrogen-bond acceptors (Lipinski definition) is 11. The summed E-state index contributed by atoms with van der Waals surface area (Å²) >= 11 is 0. The molecule has 2 N–H and O–H groups in total. The van der Waals surface area contributed by atoms with E-state index in [9.17, 15) is 32.8 Å². The Labute approximate surface area is 366 Å². The lowest BCUT2D eigenvalue weighted by Crippen LogP contribution is -2.50. The summed E-state index contributed by atoms with van der Waals surface area (Å²) in [6, 6.07) is 6.89. The number of nitrogens with one attached hydrogen (secondary N) is 2. The highest BCUT2D eigenvalue weighted by Crippen LogP contribution is 2.36. The maximum absolute atomic E-state index is 14.3. The molecule has 0 radical (unpaired) electrons. The number of benzene rings is 1. The first kappa shape index (κ1) is 42.0. The number of para-hydroxylation sites is 1. The number of imidazole rings is 1. The van der Waals surface area contributed by atoms with Crippen molar-refractivity contribution >= 4 is 51.8 Å². The van der Waals surface area contributed by atoms with E-state index in [2.05, 4.69) is 30.6 Å². The topological polar surface area (TPSA) is 186 Å². The number of fused-ring (bicyclic) bond motifs is 4. The summed E-state index contributed by atoms with van der Waals surface area (Å²) in [5, 5.41) is 13.6. The predicted octanol–water partition coefficient (Wildman–Crippen LogP) is 3.62. The van der Waals surface area contributed by atoms with Gasteiger partial charge in [0.2, 0.25) is 17.7 Å². The first-order valence-corrected chi connectivity index (χ1v) is 22.4. The van der Waals surface area contributed by atoms with E-state index in [1.165, 1.54) is 21.5 Å². The van der Waals surface area contributed by atoms with Crippen LogP contribution in [0.5, 0.6) is 0 Å². The summed E-state index contributed by atoms with van der Waals surface area (Å²) in [6.07, 6.45) is 8.29. The molecule has 1 unspecified atom stereocenters. The van der Waals surface area contributed by atoms with Crippen molar-refractivity contribution in [2.75, 3.05) is 56.1 Å². The number of rotatable bonds is 12. The van der Waals surface area contributed by atoms with E-state index in [4.69, 9.17) is 9.72 Å². The van der Waals surface area contributed by atoms with E-state index in [1.54, 1.807) is 22.5 Å². The number of carbonyl (C=O) groups excluding carboxylic acids is 4. The molecule has 5 aliphatic rings. The van der Waals surface area contributed by atoms with Crippen molar-refractivity contribution in [3.8, 4) is 0 Å². The number of alkyl halides is 2. The molecule has 18 nitrogen and oxygen atoms in total. The molecule has 338 valence electrons. The maximum Gasteiger partial charge on any atom is 0.329 e. The molecule has 4 amide bonds. The van der Waals surface area contributed by atoms with E-state index in [0.717, 1.165) is 75.2 Å². The van der Waals surface area contributed by atoms with Gasteiger partial charge in [-0.15, -0.1) is 0 Å². The Kier molecular flexibility index (Phi) is 11.3. The molecule has 64 heavy (non-hydrogen) atoms. The summed E-state index contributed by atoms with van der Waals surface area (Å²) in [7, 11) is 1.68. The van der Waals surface area contributed by atoms with Crippen LogP contribution in [0.25, 0.3) is 16.7 Å². The molecule has 5 aromatic rings. The Morgan fingerprint density at radius 1 is 1.02 bits per heavy atom. The zero-order chi connectivity index (χ0) is 44.2. The standard InChI is InChI=1S/C44H52F2N12O6/c1-52-39-27(4-2-6-33(39)58(44(52)63)34-12-13-36(59)50-43(34)62)5-3-7-37(60)54-18-16-53(17-19-54)22-26-8-10-28(11-9-26)57-24-32(38(51-57)40(45)46)48-42(61)31-21-47-56-15-14-35(49-41(31)56)55-23-30-20-29(55)25-64-30/h2,4,6,14-15,21,24,26,28-30,34,40H,3,5,7-13,16-20,22-23,25H2,1H3,(H,48,61)(H,50,59,62)/t26?,28?,29-,30-,34?/m1/s1. The van der Waals surface area contributed by atoms with Crippen LogP contribution in [0, 0.1) is 5.92 Å². The van der Waals surface area contributed by atoms with Gasteiger partial charge in [-0.25, -0.2) is 23.1 Å². The Hall–Kier alpha value is -6.02. The summed E-state index contributed by atoms with van der Waals surface area (Å²) < 4.78 is 40.5. The van der Waals surface area contributed by atoms with Gasteiger partial charge < -0.3 is 19.9 Å². The summed E-state index contributed by atoms with van der Waals surface area (Å²) in [5.74, 6) is -0.133. The number of piperidine rings is 1. The number of anilines is 2. The molecule has 20 heteroatoms. The summed E-state index contributed by atoms with van der Waals surface area (Å²) in [6.45, 7) is 5.11. The SMILES string of the molecule is Cn1c(=O)n(C2CCC(=O)NC2=O)c2cccc(CCCC(=O)N3CCN(CC4CCC(n5cc(NC(=O)c6cnn7ccc(N8C[C@H]9C[C@@H]8CO9)nc67)c(C(F)F)n5)CC4)CC3)c21. The van der Waals surface area contributed by atoms with Gasteiger partial charge in [-0.1, -0.05) is 12.1 Å². The van der Waals surface area contributed by atoms with Gasteiger partial charge in [0.25, 0.3) is 12.3 Å². The number of imide groups is 1. The highest BCUT2D eigenvalue weighted by Gasteiger charge is 2.40. The normalized spacial score (nSPS) is 24.1. The second-order valence-corrected chi connectivity index (χ2v) is 17.9. The smallest absolute Gasteiger partial charge is 0.329 e. The molecule has 4 aliphatic heterocycles. The third kappa shape index (κ3) is 7.94. The van der Waals surface area contributed by atoms with Gasteiger partial charge in [0, 0.05) is 71.6 Å². The number of aromatic nitrogens is 7. The Balaban J connectivity index is 0.693. The van der Waals surface area contributed by atoms with Crippen molar-refractivity contribution in [2.45, 2.75) is 94.9 Å². The average Bonchev–Trinajstić information content (AvgIpc) is 4.14. The van der Waals surface area contributed by atoms with Gasteiger partial charge in [-0.3, -0.25) is 43.2 Å². The number of hydrogen-bond donors (Lipinski definition) is 2. The van der Waals surface area contributed by atoms with Crippen LogP contribution in [0.3, 0.4) is 0 Å². The Morgan fingerprint density at radius 2 is 1.83 bits per heavy atom. The summed E-state index contributed by atoms with van der Waals surface area (Å²) in [5.41, 5.74) is 2.02. The van der Waals surface area contributed by atoms with Crippen LogP contribution in [0.4, 0.5) is 20.3 Å². The second kappa shape index (κ2) is 17.2. The third-order valence-corrected chi connectivity index (χ3v) is 14.0. The first-order chi connectivity index (χ1) is 31.0. The van der Waals surface area contributed by atoms with Crippen molar-refractivity contribution in [3.63, 3.8) is 0 Å². The molecule has 2 bridgehead atoms. The molecule has 4 saturated heterocycles. The van der Waals surface area contributed by atoms with Crippen LogP contribution < -0.4 is 21.2 Å². The number of nitrogens with zero attached hydrogens (tertiary/aromatic N) is 10. The molecule has 0 spiro atoms. The van der Waals surface area contributed by atoms with E-state index in [-0.39, 0.29) is 59.8 Å². The fourth-order valence-electron chi connectivity index (χ4n) is 10.6. The summed E-state index contributed by atoms with van der Waals surface area (Å²) in [4.78, 5) is 75.8. The van der Waals surface area contributed by atoms with Gasteiger partial charge in [0.05, 0.1) is 47.7 Å². The van der Waals surface area contributed by atoms with Crippen LogP contribution in [0.2, 0.25) is 0 Å². The second-order valence-electron chi connectivity index (χ2n) is 17.9. The van der Waals surface area contributed by atoms with Gasteiger partial charge >= 0.3 is 5.69 Å². The highest BCUT2D eigenvalue weighted by molar-refractivity contribution is 6.08. The fourth-order valence-corrected chi connectivity index (χ4v) is 10.6. The number of carbonyl (C=O) groups is 4. The molecule has 1 saturated carbocycles. The monoisotopic (exact) mass is 882 g/mol. The lowest BCUT2D eigenvalue weighted by Gasteiger charge is -2.38. The van der Waals surface area contributed by atoms with E-state index in [1.807, 2.05) is 29.2 Å². The van der Waals surface area contributed by atoms with E-state index >= 15 is 0 Å². The third-order valence-electron chi connectivity index (χ3n) is 14.0. The van der Waals surface area contributed by atoms with Crippen molar-refractivity contribution in [3.05, 3.63) is 70.2 Å². The quantitative estimate of drug-likeness (QED) is 0.175. The number of piperazine rings is 1. The average molecular weight is 883 g/mol. The van der Waals surface area contributed by atoms with E-state index in [0.29, 0.717) is 56.0 Å². The minimum absolute atomic E-state index is 0.0231. The van der Waals surface area contributed by atoms with Gasteiger partial charge in [-0.05, 0) is 75.0 Å². The van der Waals surface area contributed by atoms with Crippen LogP contribution in [0.1, 0.15) is 97.9 Å². The molecule has 1 aromatic carbocycles. The fraction of sp³-hybridized carbons (Fsp3) is 0.545. The number of amides is 4. The lowest BCUT2D eigenvalue weighted by molar-refractivity contribution is -0.136. The van der Waals surface area contributed by atoms with E-state index < -0.39 is 30.0 Å². The van der Waals surface area contributed by atoms with Gasteiger partial charge in [0.15, 0.2) is 11.3 Å².